The number of thiol groups is 1. The summed E-state index contributed by atoms with van der Waals surface area (Å²) in [5.41, 5.74) is 5.32. The highest BCUT2D eigenvalue weighted by molar-refractivity contribution is 7.80. The van der Waals surface area contributed by atoms with Crippen LogP contribution in [0, 0.1) is 0 Å². The van der Waals surface area contributed by atoms with E-state index >= 15 is 0 Å². The van der Waals surface area contributed by atoms with E-state index in [1.54, 1.807) is 0 Å². The van der Waals surface area contributed by atoms with E-state index in [1.165, 1.54) is 0 Å². The van der Waals surface area contributed by atoms with Gasteiger partial charge < -0.3 is 11.1 Å². The number of nitrogens with one attached hydrogen (secondary N) is 1. The Morgan fingerprint density at radius 3 is 2.25 bits per heavy atom. The van der Waals surface area contributed by atoms with Gasteiger partial charge >= 0.3 is 0 Å². The quantitative estimate of drug-likeness (QED) is 0.381. The molecule has 0 bridgehead atoms. The second-order valence-electron chi connectivity index (χ2n) is 1.98. The van der Waals surface area contributed by atoms with Crippen molar-refractivity contribution in [3.63, 3.8) is 0 Å². The SMILES string of the molecule is CC(S)N[C@H](C)CN. The van der Waals surface area contributed by atoms with Crippen LogP contribution in [0.3, 0.4) is 0 Å². The van der Waals surface area contributed by atoms with Crippen molar-refractivity contribution < 1.29 is 0 Å². The smallest absolute Gasteiger partial charge is 0.0476 e. The number of rotatable bonds is 3. The molecule has 0 heterocycles. The van der Waals surface area contributed by atoms with Crippen LogP contribution in [0.5, 0.6) is 0 Å². The molecule has 0 spiro atoms. The molecule has 3 heteroatoms. The topological polar surface area (TPSA) is 38.0 Å². The number of hydrogen-bond donors (Lipinski definition) is 3. The third-order valence-corrected chi connectivity index (χ3v) is 1.03. The van der Waals surface area contributed by atoms with E-state index in [-0.39, 0.29) is 5.37 Å². The Labute approximate surface area is 56.2 Å². The lowest BCUT2D eigenvalue weighted by molar-refractivity contribution is 0.556. The summed E-state index contributed by atoms with van der Waals surface area (Å²) in [6, 6.07) is 0.377. The van der Waals surface area contributed by atoms with E-state index < -0.39 is 0 Å². The highest BCUT2D eigenvalue weighted by atomic mass is 32.1. The van der Waals surface area contributed by atoms with Gasteiger partial charge in [0.25, 0.3) is 0 Å². The average Bonchev–Trinajstić information content (AvgIpc) is 1.65. The first-order valence-electron chi connectivity index (χ1n) is 2.81. The number of hydrogen-bond acceptors (Lipinski definition) is 3. The largest absolute Gasteiger partial charge is 0.329 e. The summed E-state index contributed by atoms with van der Waals surface area (Å²) in [4.78, 5) is 0. The minimum atomic E-state index is 0.244. The fourth-order valence-electron chi connectivity index (χ4n) is 0.480. The van der Waals surface area contributed by atoms with Crippen LogP contribution < -0.4 is 11.1 Å². The maximum absolute atomic E-state index is 5.32. The lowest BCUT2D eigenvalue weighted by Crippen LogP contribution is -2.36. The summed E-state index contributed by atoms with van der Waals surface area (Å²) < 4.78 is 0. The van der Waals surface area contributed by atoms with Gasteiger partial charge in [-0.15, -0.1) is 0 Å². The summed E-state index contributed by atoms with van der Waals surface area (Å²) in [6.45, 7) is 4.69. The van der Waals surface area contributed by atoms with Gasteiger partial charge in [0.05, 0.1) is 0 Å². The highest BCUT2D eigenvalue weighted by Gasteiger charge is 1.98. The van der Waals surface area contributed by atoms with Crippen LogP contribution in [0.2, 0.25) is 0 Å². The average molecular weight is 134 g/mol. The molecule has 0 amide bonds. The highest BCUT2D eigenvalue weighted by Crippen LogP contribution is 1.87. The van der Waals surface area contributed by atoms with Crippen LogP contribution in [0.25, 0.3) is 0 Å². The number of nitrogens with two attached hydrogens (primary N) is 1. The molecular formula is C5H14N2S. The van der Waals surface area contributed by atoms with Gasteiger partial charge in [0.1, 0.15) is 0 Å². The molecule has 1 unspecified atom stereocenters. The first-order valence-corrected chi connectivity index (χ1v) is 3.32. The van der Waals surface area contributed by atoms with Crippen molar-refractivity contribution >= 4 is 12.6 Å². The van der Waals surface area contributed by atoms with Crippen molar-refractivity contribution in [2.75, 3.05) is 6.54 Å². The molecule has 0 aromatic rings. The van der Waals surface area contributed by atoms with Gasteiger partial charge in [-0.05, 0) is 13.8 Å². The molecule has 0 aliphatic rings. The van der Waals surface area contributed by atoms with Crippen molar-refractivity contribution in [3.8, 4) is 0 Å². The molecule has 0 saturated heterocycles. The van der Waals surface area contributed by atoms with Gasteiger partial charge in [0, 0.05) is 18.0 Å². The lowest BCUT2D eigenvalue weighted by Gasteiger charge is -2.12. The monoisotopic (exact) mass is 134 g/mol. The first-order chi connectivity index (χ1) is 3.66. The Kier molecular flexibility index (Phi) is 4.32. The minimum Gasteiger partial charge on any atom is -0.329 e. The summed E-state index contributed by atoms with van der Waals surface area (Å²) in [5, 5.41) is 3.38. The zero-order chi connectivity index (χ0) is 6.57. The lowest BCUT2D eigenvalue weighted by atomic mass is 10.3. The van der Waals surface area contributed by atoms with E-state index in [0.717, 1.165) is 0 Å². The van der Waals surface area contributed by atoms with Gasteiger partial charge in [-0.3, -0.25) is 0 Å². The molecule has 50 valence electrons. The van der Waals surface area contributed by atoms with Crippen LogP contribution in [-0.2, 0) is 0 Å². The van der Waals surface area contributed by atoms with E-state index in [0.29, 0.717) is 12.6 Å². The van der Waals surface area contributed by atoms with E-state index in [1.807, 2.05) is 13.8 Å². The van der Waals surface area contributed by atoms with Gasteiger partial charge in [0.2, 0.25) is 0 Å². The fourth-order valence-corrected chi connectivity index (χ4v) is 0.734. The molecular weight excluding hydrogens is 120 g/mol. The second kappa shape index (κ2) is 4.18. The molecule has 2 nitrogen and oxygen atoms in total. The maximum atomic E-state index is 5.32. The van der Waals surface area contributed by atoms with Crippen LogP contribution in [0.15, 0.2) is 0 Å². The van der Waals surface area contributed by atoms with Gasteiger partial charge in [-0.1, -0.05) is 0 Å². The molecule has 0 aromatic heterocycles. The summed E-state index contributed by atoms with van der Waals surface area (Å²) in [7, 11) is 0. The third-order valence-electron chi connectivity index (χ3n) is 0.879. The Bertz CT molecular complexity index is 56.4. The Morgan fingerprint density at radius 2 is 2.12 bits per heavy atom. The molecule has 3 N–H and O–H groups in total. The van der Waals surface area contributed by atoms with E-state index in [4.69, 9.17) is 5.73 Å². The fraction of sp³-hybridized carbons (Fsp3) is 1.00. The van der Waals surface area contributed by atoms with Gasteiger partial charge in [-0.2, -0.15) is 12.6 Å². The van der Waals surface area contributed by atoms with E-state index in [2.05, 4.69) is 17.9 Å². The van der Waals surface area contributed by atoms with Crippen LogP contribution >= 0.6 is 12.6 Å². The molecule has 0 fully saturated rings. The predicted molar refractivity (Wildman–Crippen MR) is 40.1 cm³/mol. The maximum Gasteiger partial charge on any atom is 0.0476 e. The van der Waals surface area contributed by atoms with Crippen LogP contribution in [-0.4, -0.2) is 18.0 Å². The van der Waals surface area contributed by atoms with Crippen molar-refractivity contribution in [3.05, 3.63) is 0 Å². The van der Waals surface area contributed by atoms with Crippen molar-refractivity contribution in [2.24, 2.45) is 5.73 Å². The van der Waals surface area contributed by atoms with Crippen LogP contribution in [0.1, 0.15) is 13.8 Å². The second-order valence-corrected chi connectivity index (χ2v) is 2.75. The van der Waals surface area contributed by atoms with Crippen LogP contribution in [0.4, 0.5) is 0 Å². The van der Waals surface area contributed by atoms with Gasteiger partial charge in [-0.25, -0.2) is 0 Å². The van der Waals surface area contributed by atoms with E-state index in [9.17, 15) is 0 Å². The molecule has 0 aromatic carbocycles. The molecule has 0 aliphatic carbocycles. The standard InChI is InChI=1S/C5H14N2S/c1-4(3-6)7-5(2)8/h4-5,7-8H,3,6H2,1-2H3/t4-,5?/m1/s1. The van der Waals surface area contributed by atoms with Crippen molar-refractivity contribution in [1.82, 2.24) is 5.32 Å². The Balaban J connectivity index is 3.10. The summed E-state index contributed by atoms with van der Waals surface area (Å²) in [6.07, 6.45) is 0. The van der Waals surface area contributed by atoms with Crippen molar-refractivity contribution in [1.29, 1.82) is 0 Å². The minimum absolute atomic E-state index is 0.244. The summed E-state index contributed by atoms with van der Waals surface area (Å²) in [5.74, 6) is 0. The molecule has 0 rings (SSSR count). The molecule has 0 aliphatic heterocycles. The molecule has 0 radical (unpaired) electrons. The van der Waals surface area contributed by atoms with Gasteiger partial charge in [0.15, 0.2) is 0 Å². The normalized spacial score (nSPS) is 18.0. The zero-order valence-electron chi connectivity index (χ0n) is 5.39. The zero-order valence-corrected chi connectivity index (χ0v) is 6.28. The van der Waals surface area contributed by atoms with Crippen molar-refractivity contribution in [2.45, 2.75) is 25.3 Å². The third kappa shape index (κ3) is 4.43. The first kappa shape index (κ1) is 8.27. The molecule has 8 heavy (non-hydrogen) atoms. The summed E-state index contributed by atoms with van der Waals surface area (Å²) >= 11 is 4.12. The Hall–Kier alpha value is 0.270. The molecule has 2 atom stereocenters. The Morgan fingerprint density at radius 1 is 1.62 bits per heavy atom. The predicted octanol–water partition coefficient (Wildman–Crippen LogP) is 0.199. The molecule has 0 saturated carbocycles.